The van der Waals surface area contributed by atoms with Crippen LogP contribution in [0.25, 0.3) is 5.69 Å². The van der Waals surface area contributed by atoms with Crippen molar-refractivity contribution in [1.29, 1.82) is 0 Å². The van der Waals surface area contributed by atoms with Gasteiger partial charge in [-0.05, 0) is 67.1 Å². The number of aromatic nitrogens is 2. The molecule has 3 rings (SSSR count). The van der Waals surface area contributed by atoms with Crippen LogP contribution in [-0.4, -0.2) is 56.3 Å². The summed E-state index contributed by atoms with van der Waals surface area (Å²) in [7, 11) is 1.58. The van der Waals surface area contributed by atoms with E-state index in [1.807, 2.05) is 26.0 Å². The summed E-state index contributed by atoms with van der Waals surface area (Å²) in [5, 5.41) is 36.7. The topological polar surface area (TPSA) is 134 Å². The number of amides is 1. The number of nitrogens with zero attached hydrogens (tertiary/aromatic N) is 2. The van der Waals surface area contributed by atoms with Crippen molar-refractivity contribution >= 4 is 11.9 Å². The number of hydrogen-bond acceptors (Lipinski definition) is 6. The summed E-state index contributed by atoms with van der Waals surface area (Å²) in [5.41, 5.74) is 3.03. The van der Waals surface area contributed by atoms with Crippen LogP contribution in [-0.2, 0) is 17.8 Å². The molecule has 11 heteroatoms. The first-order chi connectivity index (χ1) is 18.1. The fourth-order valence-corrected chi connectivity index (χ4v) is 4.31. The van der Waals surface area contributed by atoms with Crippen molar-refractivity contribution in [3.05, 3.63) is 76.9 Å². The smallest absolute Gasteiger partial charge is 1.00 e. The number of benzene rings is 2. The van der Waals surface area contributed by atoms with E-state index in [9.17, 15) is 24.2 Å². The van der Waals surface area contributed by atoms with Gasteiger partial charge in [0, 0.05) is 17.8 Å². The summed E-state index contributed by atoms with van der Waals surface area (Å²) >= 11 is 0. The average Bonchev–Trinajstić information content (AvgIpc) is 3.26. The number of methoxy groups -OCH3 is 1. The number of aliphatic hydroxyl groups is 2. The zero-order valence-corrected chi connectivity index (χ0v) is 24.7. The Hall–Kier alpha value is -2.76. The SMILES string of the molecule is COc1ccc(CNC(=O)c2nn(-c3ccc(F)cc3)c(CC[C@@H](O)C[C@@H](O)CC(=O)O)c2C(C)C)cc1.[H-].[Na+]. The van der Waals surface area contributed by atoms with Crippen molar-refractivity contribution < 1.29 is 65.0 Å². The number of carboxylic acid groups (broad SMARTS) is 1. The molecule has 4 N–H and O–H groups in total. The van der Waals surface area contributed by atoms with Crippen LogP contribution in [0.4, 0.5) is 4.39 Å². The summed E-state index contributed by atoms with van der Waals surface area (Å²) < 4.78 is 20.4. The molecule has 0 aliphatic heterocycles. The third-order valence-corrected chi connectivity index (χ3v) is 6.17. The van der Waals surface area contributed by atoms with Gasteiger partial charge >= 0.3 is 35.5 Å². The van der Waals surface area contributed by atoms with Gasteiger partial charge in [0.1, 0.15) is 11.6 Å². The standard InChI is InChI=1S/C28H34FN3O6.Na.H/c1-17(2)26-24(13-10-21(33)14-22(34)15-25(35)36)32(20-8-6-19(29)7-9-20)31-27(26)28(37)30-16-18-4-11-23(38-3)12-5-18;;/h4-9,11-12,17,21-22,33-34H,10,13-16H2,1-3H3,(H,30,37)(H,35,36);;/q;+1;-1/t21-,22-;;/m1../s1. The number of nitrogens with one attached hydrogen (secondary N) is 1. The molecule has 0 aliphatic rings. The molecule has 0 unspecified atom stereocenters. The Labute approximate surface area is 250 Å². The summed E-state index contributed by atoms with van der Waals surface area (Å²) in [5.74, 6) is -1.32. The summed E-state index contributed by atoms with van der Waals surface area (Å²) in [6.07, 6.45) is -2.19. The molecule has 1 amide bonds. The van der Waals surface area contributed by atoms with Crippen LogP contribution in [0.1, 0.15) is 67.8 Å². The molecule has 1 aromatic heterocycles. The first-order valence-corrected chi connectivity index (χ1v) is 12.5. The molecule has 2 aromatic carbocycles. The van der Waals surface area contributed by atoms with Crippen molar-refractivity contribution in [1.82, 2.24) is 15.1 Å². The number of hydrogen-bond donors (Lipinski definition) is 4. The Kier molecular flexibility index (Phi) is 12.6. The van der Waals surface area contributed by atoms with Gasteiger partial charge in [0.15, 0.2) is 5.69 Å². The van der Waals surface area contributed by atoms with E-state index in [4.69, 9.17) is 9.84 Å². The van der Waals surface area contributed by atoms with Crippen molar-refractivity contribution in [2.75, 3.05) is 7.11 Å². The van der Waals surface area contributed by atoms with E-state index in [-0.39, 0.29) is 67.9 Å². The molecule has 0 bridgehead atoms. The summed E-state index contributed by atoms with van der Waals surface area (Å²) in [6, 6.07) is 13.0. The van der Waals surface area contributed by atoms with Crippen molar-refractivity contribution in [2.45, 2.75) is 64.2 Å². The van der Waals surface area contributed by atoms with E-state index < -0.39 is 30.4 Å². The second kappa shape index (κ2) is 15.1. The average molecular weight is 552 g/mol. The Morgan fingerprint density at radius 2 is 1.72 bits per heavy atom. The molecule has 0 fully saturated rings. The van der Waals surface area contributed by atoms with Crippen molar-refractivity contribution in [3.63, 3.8) is 0 Å². The molecule has 0 radical (unpaired) electrons. The molecular formula is C28H35FN3NaO6. The minimum Gasteiger partial charge on any atom is -1.00 e. The van der Waals surface area contributed by atoms with E-state index >= 15 is 0 Å². The maximum Gasteiger partial charge on any atom is 1.00 e. The Morgan fingerprint density at radius 1 is 1.08 bits per heavy atom. The first-order valence-electron chi connectivity index (χ1n) is 12.5. The number of aliphatic hydroxyl groups excluding tert-OH is 2. The molecule has 0 spiro atoms. The van der Waals surface area contributed by atoms with Crippen LogP contribution in [0.15, 0.2) is 48.5 Å². The number of carboxylic acids is 1. The number of ether oxygens (including phenoxy) is 1. The second-order valence-electron chi connectivity index (χ2n) is 9.46. The van der Waals surface area contributed by atoms with Gasteiger partial charge in [-0.25, -0.2) is 9.07 Å². The van der Waals surface area contributed by atoms with Crippen molar-refractivity contribution in [3.8, 4) is 11.4 Å². The third-order valence-electron chi connectivity index (χ3n) is 6.17. The molecule has 2 atom stereocenters. The number of carbonyl (C=O) groups is 2. The normalized spacial score (nSPS) is 12.5. The zero-order chi connectivity index (χ0) is 27.8. The van der Waals surface area contributed by atoms with E-state index in [1.54, 1.807) is 36.1 Å². The number of rotatable bonds is 13. The van der Waals surface area contributed by atoms with Gasteiger partial charge in [0.05, 0.1) is 31.4 Å². The van der Waals surface area contributed by atoms with Gasteiger partial charge in [-0.2, -0.15) is 5.10 Å². The van der Waals surface area contributed by atoms with E-state index in [1.165, 1.54) is 12.1 Å². The third kappa shape index (κ3) is 9.15. The van der Waals surface area contributed by atoms with E-state index in [0.29, 0.717) is 29.1 Å². The van der Waals surface area contributed by atoms with Crippen molar-refractivity contribution in [2.24, 2.45) is 0 Å². The van der Waals surface area contributed by atoms with Gasteiger partial charge in [0.2, 0.25) is 0 Å². The number of aliphatic carboxylic acids is 1. The first kappa shape index (κ1) is 32.5. The van der Waals surface area contributed by atoms with Crippen LogP contribution in [0, 0.1) is 5.82 Å². The predicted molar refractivity (Wildman–Crippen MR) is 140 cm³/mol. The number of carbonyl (C=O) groups excluding carboxylic acids is 1. The molecule has 206 valence electrons. The molecule has 39 heavy (non-hydrogen) atoms. The summed E-state index contributed by atoms with van der Waals surface area (Å²) in [4.78, 5) is 24.1. The minimum absolute atomic E-state index is 0. The zero-order valence-electron chi connectivity index (χ0n) is 23.7. The quantitative estimate of drug-likeness (QED) is 0.230. The van der Waals surface area contributed by atoms with Crippen LogP contribution in [0.3, 0.4) is 0 Å². The van der Waals surface area contributed by atoms with Gasteiger partial charge < -0.3 is 26.8 Å². The van der Waals surface area contributed by atoms with Crippen LogP contribution in [0.5, 0.6) is 5.75 Å². The van der Waals surface area contributed by atoms with Crippen LogP contribution >= 0.6 is 0 Å². The monoisotopic (exact) mass is 551 g/mol. The Morgan fingerprint density at radius 3 is 2.28 bits per heavy atom. The fraction of sp³-hybridized carbons (Fsp3) is 0.393. The minimum atomic E-state index is -1.17. The van der Waals surface area contributed by atoms with Crippen LogP contribution in [0.2, 0.25) is 0 Å². The van der Waals surface area contributed by atoms with Gasteiger partial charge in [-0.3, -0.25) is 9.59 Å². The number of halogens is 1. The maximum atomic E-state index is 13.6. The van der Waals surface area contributed by atoms with Gasteiger partial charge in [-0.15, -0.1) is 0 Å². The second-order valence-corrected chi connectivity index (χ2v) is 9.46. The molecule has 0 saturated carbocycles. The molecule has 3 aromatic rings. The Bertz CT molecular complexity index is 1240. The van der Waals surface area contributed by atoms with E-state index in [2.05, 4.69) is 10.4 Å². The molecule has 1 heterocycles. The largest absolute Gasteiger partial charge is 1.00 e. The Balaban J connectivity index is 0.00000400. The molecule has 0 aliphatic carbocycles. The van der Waals surface area contributed by atoms with Gasteiger partial charge in [-0.1, -0.05) is 26.0 Å². The van der Waals surface area contributed by atoms with E-state index in [0.717, 1.165) is 5.56 Å². The van der Waals surface area contributed by atoms with Crippen LogP contribution < -0.4 is 39.6 Å². The maximum absolute atomic E-state index is 13.6. The predicted octanol–water partition coefficient (Wildman–Crippen LogP) is 0.709. The van der Waals surface area contributed by atoms with Gasteiger partial charge in [0.25, 0.3) is 5.91 Å². The molecule has 9 nitrogen and oxygen atoms in total. The molecular weight excluding hydrogens is 516 g/mol. The summed E-state index contributed by atoms with van der Waals surface area (Å²) in [6.45, 7) is 4.14. The fourth-order valence-electron chi connectivity index (χ4n) is 4.31. The molecule has 0 saturated heterocycles.